The smallest absolute Gasteiger partial charge is 0.417 e. The molecule has 1 aliphatic heterocycles. The molecule has 1 aliphatic carbocycles. The lowest BCUT2D eigenvalue weighted by atomic mass is 9.88. The van der Waals surface area contributed by atoms with E-state index in [1.54, 1.807) is 6.92 Å². The van der Waals surface area contributed by atoms with Crippen LogP contribution in [-0.4, -0.2) is 47.7 Å². The Morgan fingerprint density at radius 3 is 2.90 bits per heavy atom. The SMILES string of the molecule is CCOC(=O)C1=C[C@@H]2OC(=O)N(C(C)=O)[C@@H]2[C@@H](N=[N+]=[N-])C1. The topological polar surface area (TPSA) is 122 Å². The number of amides is 2. The molecule has 1 heterocycles. The minimum atomic E-state index is -0.815. The van der Waals surface area contributed by atoms with E-state index in [2.05, 4.69) is 10.0 Å². The van der Waals surface area contributed by atoms with Crippen molar-refractivity contribution in [1.82, 2.24) is 4.90 Å². The average molecular weight is 294 g/mol. The van der Waals surface area contributed by atoms with Crippen molar-refractivity contribution in [3.05, 3.63) is 22.1 Å². The van der Waals surface area contributed by atoms with E-state index in [9.17, 15) is 14.4 Å². The second-order valence-electron chi connectivity index (χ2n) is 4.62. The standard InChI is InChI=1S/C12H14N4O5/c1-3-20-11(18)7-4-8(14-15-13)10-9(5-7)21-12(19)16(10)6(2)17/h5,8-10H,3-4H2,1-2H3/t8-,9-,10+/m0/s1. The molecule has 112 valence electrons. The predicted molar refractivity (Wildman–Crippen MR) is 68.8 cm³/mol. The molecular weight excluding hydrogens is 280 g/mol. The Morgan fingerprint density at radius 1 is 1.62 bits per heavy atom. The molecule has 0 unspecified atom stereocenters. The Kier molecular flexibility index (Phi) is 4.13. The van der Waals surface area contributed by atoms with Crippen LogP contribution in [0.1, 0.15) is 20.3 Å². The highest BCUT2D eigenvalue weighted by Crippen LogP contribution is 2.33. The minimum absolute atomic E-state index is 0.0878. The summed E-state index contributed by atoms with van der Waals surface area (Å²) in [6, 6.07) is -1.50. The lowest BCUT2D eigenvalue weighted by molar-refractivity contribution is -0.138. The van der Waals surface area contributed by atoms with Crippen LogP contribution in [0.25, 0.3) is 10.4 Å². The van der Waals surface area contributed by atoms with Crippen molar-refractivity contribution in [2.75, 3.05) is 6.61 Å². The van der Waals surface area contributed by atoms with E-state index in [1.165, 1.54) is 13.0 Å². The minimum Gasteiger partial charge on any atom is -0.463 e. The van der Waals surface area contributed by atoms with Crippen LogP contribution >= 0.6 is 0 Å². The molecule has 2 amide bonds. The van der Waals surface area contributed by atoms with Gasteiger partial charge in [-0.1, -0.05) is 5.11 Å². The number of nitrogens with zero attached hydrogens (tertiary/aromatic N) is 4. The lowest BCUT2D eigenvalue weighted by Gasteiger charge is -2.30. The monoisotopic (exact) mass is 294 g/mol. The van der Waals surface area contributed by atoms with Crippen molar-refractivity contribution in [3.63, 3.8) is 0 Å². The van der Waals surface area contributed by atoms with Gasteiger partial charge < -0.3 is 9.47 Å². The van der Waals surface area contributed by atoms with Crippen LogP contribution in [0, 0.1) is 0 Å². The fourth-order valence-corrected chi connectivity index (χ4v) is 2.54. The molecule has 9 nitrogen and oxygen atoms in total. The highest BCUT2D eigenvalue weighted by molar-refractivity contribution is 5.94. The van der Waals surface area contributed by atoms with Gasteiger partial charge in [0.1, 0.15) is 6.10 Å². The van der Waals surface area contributed by atoms with E-state index in [-0.39, 0.29) is 18.6 Å². The number of esters is 1. The quantitative estimate of drug-likeness (QED) is 0.336. The van der Waals surface area contributed by atoms with Gasteiger partial charge in [0.2, 0.25) is 5.91 Å². The molecule has 2 aliphatic rings. The fourth-order valence-electron chi connectivity index (χ4n) is 2.54. The predicted octanol–water partition coefficient (Wildman–Crippen LogP) is 1.29. The number of hydrogen-bond donors (Lipinski definition) is 0. The van der Waals surface area contributed by atoms with Crippen LogP contribution in [0.2, 0.25) is 0 Å². The van der Waals surface area contributed by atoms with Crippen molar-refractivity contribution in [3.8, 4) is 0 Å². The van der Waals surface area contributed by atoms with Crippen LogP contribution in [0.5, 0.6) is 0 Å². The fraction of sp³-hybridized carbons (Fsp3) is 0.583. The highest BCUT2D eigenvalue weighted by atomic mass is 16.6. The Hall–Kier alpha value is -2.54. The van der Waals surface area contributed by atoms with Gasteiger partial charge in [0, 0.05) is 17.4 Å². The summed E-state index contributed by atoms with van der Waals surface area (Å²) in [5.41, 5.74) is 8.92. The lowest BCUT2D eigenvalue weighted by Crippen LogP contribution is -2.48. The van der Waals surface area contributed by atoms with Gasteiger partial charge in [-0.15, -0.1) is 0 Å². The third-order valence-corrected chi connectivity index (χ3v) is 3.33. The van der Waals surface area contributed by atoms with E-state index in [0.717, 1.165) is 4.90 Å². The molecule has 3 atom stereocenters. The zero-order valence-electron chi connectivity index (χ0n) is 11.6. The molecular formula is C12H14N4O5. The van der Waals surface area contributed by atoms with Crippen LogP contribution < -0.4 is 0 Å². The second kappa shape index (κ2) is 5.84. The van der Waals surface area contributed by atoms with Gasteiger partial charge in [0.05, 0.1) is 18.7 Å². The Morgan fingerprint density at radius 2 is 2.33 bits per heavy atom. The third-order valence-electron chi connectivity index (χ3n) is 3.33. The number of hydrogen-bond acceptors (Lipinski definition) is 6. The van der Waals surface area contributed by atoms with Gasteiger partial charge in [-0.3, -0.25) is 4.79 Å². The summed E-state index contributed by atoms with van der Waals surface area (Å²) < 4.78 is 9.97. The first-order chi connectivity index (χ1) is 9.99. The van der Waals surface area contributed by atoms with Gasteiger partial charge in [-0.25, -0.2) is 14.5 Å². The van der Waals surface area contributed by atoms with Crippen LogP contribution in [0.15, 0.2) is 16.8 Å². The molecule has 1 fully saturated rings. The summed E-state index contributed by atoms with van der Waals surface area (Å²) in [6.07, 6.45) is -0.0840. The molecule has 21 heavy (non-hydrogen) atoms. The summed E-state index contributed by atoms with van der Waals surface area (Å²) in [6.45, 7) is 3.10. The zero-order chi connectivity index (χ0) is 15.6. The molecule has 9 heteroatoms. The van der Waals surface area contributed by atoms with Crippen molar-refractivity contribution in [1.29, 1.82) is 0 Å². The number of carbonyl (C=O) groups excluding carboxylic acids is 3. The van der Waals surface area contributed by atoms with Gasteiger partial charge >= 0.3 is 12.1 Å². The van der Waals surface area contributed by atoms with Crippen molar-refractivity contribution >= 4 is 18.0 Å². The highest BCUT2D eigenvalue weighted by Gasteiger charge is 2.50. The Balaban J connectivity index is 2.36. The summed E-state index contributed by atoms with van der Waals surface area (Å²) in [5, 5.41) is 3.59. The molecule has 0 bridgehead atoms. The van der Waals surface area contributed by atoms with E-state index in [1.807, 2.05) is 0 Å². The van der Waals surface area contributed by atoms with Crippen molar-refractivity contribution in [2.24, 2.45) is 5.11 Å². The largest absolute Gasteiger partial charge is 0.463 e. The van der Waals surface area contributed by atoms with E-state index < -0.39 is 36.2 Å². The van der Waals surface area contributed by atoms with Gasteiger partial charge in [0.15, 0.2) is 0 Å². The molecule has 0 aromatic rings. The van der Waals surface area contributed by atoms with E-state index >= 15 is 0 Å². The second-order valence-corrected chi connectivity index (χ2v) is 4.62. The maximum absolute atomic E-state index is 11.8. The number of imide groups is 1. The summed E-state index contributed by atoms with van der Waals surface area (Å²) >= 11 is 0. The number of rotatable bonds is 3. The van der Waals surface area contributed by atoms with Crippen LogP contribution in [0.3, 0.4) is 0 Å². The van der Waals surface area contributed by atoms with Gasteiger partial charge in [-0.05, 0) is 25.0 Å². The maximum Gasteiger partial charge on any atom is 0.417 e. The number of fused-ring (bicyclic) bond motifs is 1. The molecule has 0 spiro atoms. The molecule has 0 N–H and O–H groups in total. The molecule has 2 rings (SSSR count). The molecule has 0 radical (unpaired) electrons. The van der Waals surface area contributed by atoms with E-state index in [0.29, 0.717) is 0 Å². The average Bonchev–Trinajstić information content (AvgIpc) is 2.75. The third kappa shape index (κ3) is 2.68. The number of azide groups is 1. The molecule has 1 saturated heterocycles. The van der Waals surface area contributed by atoms with Crippen molar-refractivity contribution < 1.29 is 23.9 Å². The summed E-state index contributed by atoms with van der Waals surface area (Å²) in [4.78, 5) is 38.7. The summed E-state index contributed by atoms with van der Waals surface area (Å²) in [5.74, 6) is -1.05. The molecule has 0 aromatic carbocycles. The molecule has 0 aromatic heterocycles. The first-order valence-corrected chi connectivity index (χ1v) is 6.42. The van der Waals surface area contributed by atoms with Crippen molar-refractivity contribution in [2.45, 2.75) is 38.5 Å². The zero-order valence-corrected chi connectivity index (χ0v) is 11.6. The van der Waals surface area contributed by atoms with Gasteiger partial charge in [-0.2, -0.15) is 0 Å². The van der Waals surface area contributed by atoms with Gasteiger partial charge in [0.25, 0.3) is 0 Å². The Labute approximate surface area is 120 Å². The number of carbonyl (C=O) groups is 3. The normalized spacial score (nSPS) is 27.1. The van der Waals surface area contributed by atoms with E-state index in [4.69, 9.17) is 15.0 Å². The maximum atomic E-state index is 11.8. The first kappa shape index (κ1) is 14.9. The Bertz CT molecular complexity index is 566. The van der Waals surface area contributed by atoms with Crippen LogP contribution in [-0.2, 0) is 19.1 Å². The number of ether oxygens (including phenoxy) is 2. The summed E-state index contributed by atoms with van der Waals surface area (Å²) in [7, 11) is 0. The molecule has 0 saturated carbocycles. The van der Waals surface area contributed by atoms with Crippen LogP contribution in [0.4, 0.5) is 4.79 Å². The first-order valence-electron chi connectivity index (χ1n) is 6.42.